The van der Waals surface area contributed by atoms with Gasteiger partial charge in [-0.05, 0) is 5.92 Å². The molecule has 2 atom stereocenters. The van der Waals surface area contributed by atoms with Crippen LogP contribution in [0.4, 0.5) is 4.79 Å². The number of carbonyl (C=O) groups is 3. The van der Waals surface area contributed by atoms with E-state index in [4.69, 9.17) is 5.11 Å². The van der Waals surface area contributed by atoms with Crippen molar-refractivity contribution in [3.8, 4) is 0 Å². The highest BCUT2D eigenvalue weighted by molar-refractivity contribution is 7.99. The van der Waals surface area contributed by atoms with E-state index in [1.807, 2.05) is 0 Å². The summed E-state index contributed by atoms with van der Waals surface area (Å²) in [6.45, 7) is 3.91. The van der Waals surface area contributed by atoms with Gasteiger partial charge in [-0.25, -0.2) is 14.4 Å². The average molecular weight is 304 g/mol. The Balaban J connectivity index is 2.76. The van der Waals surface area contributed by atoms with Gasteiger partial charge in [0, 0.05) is 18.1 Å². The first-order chi connectivity index (χ1) is 9.38. The van der Waals surface area contributed by atoms with Crippen LogP contribution in [0.3, 0.4) is 0 Å². The van der Waals surface area contributed by atoms with Crippen molar-refractivity contribution in [3.05, 3.63) is 0 Å². The molecule has 0 saturated carbocycles. The number of ether oxygens (including phenoxy) is 1. The topological polar surface area (TPSA) is 95.9 Å². The number of aliphatic carboxylic acids is 1. The molecule has 2 N–H and O–H groups in total. The summed E-state index contributed by atoms with van der Waals surface area (Å²) >= 11 is 1.49. The van der Waals surface area contributed by atoms with E-state index in [9.17, 15) is 14.4 Å². The molecule has 0 aromatic heterocycles. The maximum atomic E-state index is 12.2. The summed E-state index contributed by atoms with van der Waals surface area (Å²) < 4.78 is 4.64. The lowest BCUT2D eigenvalue weighted by molar-refractivity contribution is -0.144. The minimum Gasteiger partial charge on any atom is -0.480 e. The van der Waals surface area contributed by atoms with Crippen LogP contribution < -0.4 is 5.32 Å². The Bertz CT molecular complexity index is 388. The third-order valence-corrected chi connectivity index (χ3v) is 4.10. The first-order valence-electron chi connectivity index (χ1n) is 6.34. The van der Waals surface area contributed by atoms with Gasteiger partial charge in [0.2, 0.25) is 0 Å². The Labute approximate surface area is 122 Å². The largest absolute Gasteiger partial charge is 0.480 e. The van der Waals surface area contributed by atoms with Crippen molar-refractivity contribution in [3.63, 3.8) is 0 Å². The van der Waals surface area contributed by atoms with Crippen LogP contribution in [0, 0.1) is 5.92 Å². The fourth-order valence-corrected chi connectivity index (χ4v) is 2.93. The molecule has 114 valence electrons. The highest BCUT2D eigenvalue weighted by Crippen LogP contribution is 2.17. The molecule has 2 amide bonds. The van der Waals surface area contributed by atoms with E-state index in [0.29, 0.717) is 18.1 Å². The van der Waals surface area contributed by atoms with E-state index in [0.717, 1.165) is 0 Å². The van der Waals surface area contributed by atoms with Gasteiger partial charge in [0.05, 0.1) is 7.11 Å². The molecule has 7 nitrogen and oxygen atoms in total. The number of thioether (sulfide) groups is 1. The van der Waals surface area contributed by atoms with Crippen molar-refractivity contribution in [1.29, 1.82) is 0 Å². The SMILES string of the molecule is COC(=O)C(NC(=O)N1CCSCC1C(=O)O)C(C)C. The number of rotatable bonds is 4. The van der Waals surface area contributed by atoms with Crippen molar-refractivity contribution in [2.45, 2.75) is 25.9 Å². The predicted molar refractivity (Wildman–Crippen MR) is 74.6 cm³/mol. The zero-order valence-corrected chi connectivity index (χ0v) is 12.6. The number of carboxylic acids is 1. The van der Waals surface area contributed by atoms with Crippen molar-refractivity contribution in [2.24, 2.45) is 5.92 Å². The number of hydrogen-bond donors (Lipinski definition) is 2. The molecule has 1 aliphatic heterocycles. The van der Waals surface area contributed by atoms with Crippen LogP contribution in [0.5, 0.6) is 0 Å². The molecular weight excluding hydrogens is 284 g/mol. The number of hydrogen-bond acceptors (Lipinski definition) is 5. The Morgan fingerprint density at radius 3 is 2.55 bits per heavy atom. The lowest BCUT2D eigenvalue weighted by Gasteiger charge is -2.34. The first kappa shape index (κ1) is 16.6. The van der Waals surface area contributed by atoms with E-state index >= 15 is 0 Å². The van der Waals surface area contributed by atoms with Crippen molar-refractivity contribution < 1.29 is 24.2 Å². The second-order valence-corrected chi connectivity index (χ2v) is 5.97. The fraction of sp³-hybridized carbons (Fsp3) is 0.750. The molecule has 1 heterocycles. The van der Waals surface area contributed by atoms with Gasteiger partial charge < -0.3 is 20.1 Å². The van der Waals surface area contributed by atoms with Crippen molar-refractivity contribution in [2.75, 3.05) is 25.2 Å². The summed E-state index contributed by atoms with van der Waals surface area (Å²) in [6.07, 6.45) is 0. The van der Waals surface area contributed by atoms with E-state index in [1.165, 1.54) is 23.8 Å². The zero-order valence-electron chi connectivity index (χ0n) is 11.8. The second-order valence-electron chi connectivity index (χ2n) is 4.82. The van der Waals surface area contributed by atoms with Gasteiger partial charge in [0.25, 0.3) is 0 Å². The molecule has 0 radical (unpaired) electrons. The predicted octanol–water partition coefficient (Wildman–Crippen LogP) is 0.396. The van der Waals surface area contributed by atoms with Crippen LogP contribution in [0.25, 0.3) is 0 Å². The quantitative estimate of drug-likeness (QED) is 0.730. The zero-order chi connectivity index (χ0) is 15.3. The van der Waals surface area contributed by atoms with Crippen LogP contribution in [-0.2, 0) is 14.3 Å². The number of nitrogens with one attached hydrogen (secondary N) is 1. The highest BCUT2D eigenvalue weighted by Gasteiger charge is 2.35. The Morgan fingerprint density at radius 1 is 1.40 bits per heavy atom. The van der Waals surface area contributed by atoms with E-state index in [1.54, 1.807) is 13.8 Å². The molecule has 1 rings (SSSR count). The average Bonchev–Trinajstić information content (AvgIpc) is 2.43. The molecule has 0 bridgehead atoms. The number of methoxy groups -OCH3 is 1. The summed E-state index contributed by atoms with van der Waals surface area (Å²) in [6, 6.07) is -2.18. The summed E-state index contributed by atoms with van der Waals surface area (Å²) in [5.74, 6) is -0.679. The molecule has 1 saturated heterocycles. The van der Waals surface area contributed by atoms with Gasteiger partial charge in [0.15, 0.2) is 0 Å². The lowest BCUT2D eigenvalue weighted by atomic mass is 10.1. The minimum atomic E-state index is -1.04. The molecule has 2 unspecified atom stereocenters. The number of nitrogens with zero attached hydrogens (tertiary/aromatic N) is 1. The van der Waals surface area contributed by atoms with Gasteiger partial charge in [0.1, 0.15) is 12.1 Å². The Morgan fingerprint density at radius 2 is 2.05 bits per heavy atom. The summed E-state index contributed by atoms with van der Waals surface area (Å²) in [4.78, 5) is 36.2. The van der Waals surface area contributed by atoms with Gasteiger partial charge in [-0.15, -0.1) is 0 Å². The third-order valence-electron chi connectivity index (χ3n) is 3.08. The molecule has 0 aromatic rings. The number of esters is 1. The lowest BCUT2D eigenvalue weighted by Crippen LogP contribution is -2.57. The second kappa shape index (κ2) is 7.37. The van der Waals surface area contributed by atoms with Crippen LogP contribution in [-0.4, -0.2) is 65.2 Å². The van der Waals surface area contributed by atoms with Gasteiger partial charge >= 0.3 is 18.0 Å². The standard InChI is InChI=1S/C12H20N2O5S/c1-7(2)9(11(17)19-3)13-12(18)14-4-5-20-6-8(14)10(15)16/h7-9H,4-6H2,1-3H3,(H,13,18)(H,15,16). The number of carbonyl (C=O) groups excluding carboxylic acids is 2. The maximum absolute atomic E-state index is 12.2. The maximum Gasteiger partial charge on any atom is 0.328 e. The normalized spacial score (nSPS) is 20.4. The first-order valence-corrected chi connectivity index (χ1v) is 7.49. The molecule has 0 aliphatic carbocycles. The molecule has 1 aliphatic rings. The molecule has 0 aromatic carbocycles. The number of urea groups is 1. The van der Waals surface area contributed by atoms with E-state index < -0.39 is 30.1 Å². The van der Waals surface area contributed by atoms with Crippen LogP contribution in [0.15, 0.2) is 0 Å². The Hall–Kier alpha value is -1.44. The summed E-state index contributed by atoms with van der Waals surface area (Å²) in [7, 11) is 1.25. The molecule has 8 heteroatoms. The fourth-order valence-electron chi connectivity index (χ4n) is 1.89. The highest BCUT2D eigenvalue weighted by atomic mass is 32.2. The van der Waals surface area contributed by atoms with Crippen molar-refractivity contribution >= 4 is 29.7 Å². The summed E-state index contributed by atoms with van der Waals surface area (Å²) in [5.41, 5.74) is 0. The van der Waals surface area contributed by atoms with Crippen LogP contribution in [0.2, 0.25) is 0 Å². The third kappa shape index (κ3) is 4.03. The molecule has 20 heavy (non-hydrogen) atoms. The molecule has 0 spiro atoms. The van der Waals surface area contributed by atoms with Crippen molar-refractivity contribution in [1.82, 2.24) is 10.2 Å². The summed E-state index contributed by atoms with van der Waals surface area (Å²) in [5, 5.41) is 11.7. The van der Waals surface area contributed by atoms with E-state index in [2.05, 4.69) is 10.1 Å². The number of amides is 2. The van der Waals surface area contributed by atoms with Gasteiger partial charge in [-0.1, -0.05) is 13.8 Å². The van der Waals surface area contributed by atoms with E-state index in [-0.39, 0.29) is 5.92 Å². The number of carboxylic acid groups (broad SMARTS) is 1. The smallest absolute Gasteiger partial charge is 0.328 e. The van der Waals surface area contributed by atoms with Gasteiger partial charge in [-0.3, -0.25) is 0 Å². The molecule has 1 fully saturated rings. The van der Waals surface area contributed by atoms with Crippen LogP contribution in [0.1, 0.15) is 13.8 Å². The minimum absolute atomic E-state index is 0.145. The monoisotopic (exact) mass is 304 g/mol. The molecular formula is C12H20N2O5S. The Kier molecular flexibility index (Phi) is 6.12. The van der Waals surface area contributed by atoms with Crippen LogP contribution >= 0.6 is 11.8 Å². The van der Waals surface area contributed by atoms with Gasteiger partial charge in [-0.2, -0.15) is 11.8 Å².